The van der Waals surface area contributed by atoms with Gasteiger partial charge < -0.3 is 18.9 Å². The third kappa shape index (κ3) is 5.66. The fraction of sp³-hybridized carbons (Fsp3) is 0.292. The molecule has 2 aromatic carbocycles. The van der Waals surface area contributed by atoms with Crippen LogP contribution < -0.4 is 23.7 Å². The number of methoxy groups -OCH3 is 1. The van der Waals surface area contributed by atoms with Crippen molar-refractivity contribution in [2.24, 2.45) is 0 Å². The number of rotatable bonds is 12. The minimum absolute atomic E-state index is 0.0222. The first-order valence-corrected chi connectivity index (χ1v) is 12.8. The molecule has 0 unspecified atom stereocenters. The summed E-state index contributed by atoms with van der Waals surface area (Å²) in [5.41, 5.74) is 1.36. The minimum atomic E-state index is -3.84. The van der Waals surface area contributed by atoms with E-state index in [1.54, 1.807) is 42.8 Å². The molecule has 36 heavy (non-hydrogen) atoms. The van der Waals surface area contributed by atoms with E-state index in [0.29, 0.717) is 36.3 Å². The van der Waals surface area contributed by atoms with Gasteiger partial charge in [0.05, 0.1) is 20.3 Å². The SMILES string of the molecule is CCOc1ccc(S(=O)(=O)NCCOc2ccc3nnc(-c4ccc(OC)cc4)n3n2)c(OCC)c1. The first-order chi connectivity index (χ1) is 17.4. The molecule has 0 saturated heterocycles. The summed E-state index contributed by atoms with van der Waals surface area (Å²) in [4.78, 5) is 0.0287. The lowest BCUT2D eigenvalue weighted by Crippen LogP contribution is -2.28. The number of nitrogens with zero attached hydrogens (tertiary/aromatic N) is 4. The Hall–Kier alpha value is -3.90. The molecule has 0 aliphatic heterocycles. The smallest absolute Gasteiger partial charge is 0.244 e. The summed E-state index contributed by atoms with van der Waals surface area (Å²) in [5.74, 6) is 2.33. The van der Waals surface area contributed by atoms with Crippen LogP contribution in [-0.4, -0.2) is 61.7 Å². The van der Waals surface area contributed by atoms with Crippen LogP contribution >= 0.6 is 0 Å². The molecule has 0 atom stereocenters. The summed E-state index contributed by atoms with van der Waals surface area (Å²) in [6.07, 6.45) is 0. The van der Waals surface area contributed by atoms with E-state index in [-0.39, 0.29) is 23.8 Å². The Morgan fingerprint density at radius 1 is 0.889 bits per heavy atom. The second kappa shape index (κ2) is 11.2. The van der Waals surface area contributed by atoms with E-state index in [4.69, 9.17) is 18.9 Å². The van der Waals surface area contributed by atoms with Crippen molar-refractivity contribution >= 4 is 15.7 Å². The molecule has 0 aliphatic carbocycles. The Morgan fingerprint density at radius 3 is 2.36 bits per heavy atom. The molecule has 4 rings (SSSR count). The third-order valence-electron chi connectivity index (χ3n) is 5.05. The largest absolute Gasteiger partial charge is 0.497 e. The number of hydrogen-bond donors (Lipinski definition) is 1. The fourth-order valence-electron chi connectivity index (χ4n) is 3.41. The van der Waals surface area contributed by atoms with Crippen molar-refractivity contribution in [3.05, 3.63) is 54.6 Å². The van der Waals surface area contributed by atoms with Gasteiger partial charge in [-0.25, -0.2) is 13.1 Å². The number of hydrogen-bond acceptors (Lipinski definition) is 9. The van der Waals surface area contributed by atoms with E-state index in [9.17, 15) is 8.42 Å². The van der Waals surface area contributed by atoms with Crippen LogP contribution in [0.25, 0.3) is 17.0 Å². The number of nitrogens with one attached hydrogen (secondary N) is 1. The van der Waals surface area contributed by atoms with Crippen molar-refractivity contribution in [3.63, 3.8) is 0 Å². The van der Waals surface area contributed by atoms with Gasteiger partial charge in [-0.2, -0.15) is 4.52 Å². The molecule has 0 fully saturated rings. The molecule has 0 spiro atoms. The minimum Gasteiger partial charge on any atom is -0.497 e. The van der Waals surface area contributed by atoms with Gasteiger partial charge in [-0.05, 0) is 56.3 Å². The van der Waals surface area contributed by atoms with Crippen LogP contribution in [0.15, 0.2) is 59.5 Å². The van der Waals surface area contributed by atoms with Gasteiger partial charge >= 0.3 is 0 Å². The molecule has 0 aliphatic rings. The van der Waals surface area contributed by atoms with Crippen LogP contribution in [0.2, 0.25) is 0 Å². The predicted molar refractivity (Wildman–Crippen MR) is 132 cm³/mol. The van der Waals surface area contributed by atoms with Crippen molar-refractivity contribution in [1.29, 1.82) is 0 Å². The number of aromatic nitrogens is 4. The van der Waals surface area contributed by atoms with Crippen LogP contribution in [0.4, 0.5) is 0 Å². The third-order valence-corrected chi connectivity index (χ3v) is 6.55. The van der Waals surface area contributed by atoms with Gasteiger partial charge in [-0.3, -0.25) is 0 Å². The molecular weight excluding hydrogens is 486 g/mol. The zero-order chi connectivity index (χ0) is 25.5. The lowest BCUT2D eigenvalue weighted by molar-refractivity contribution is 0.305. The van der Waals surface area contributed by atoms with Gasteiger partial charge in [0.1, 0.15) is 28.8 Å². The van der Waals surface area contributed by atoms with Crippen LogP contribution in [0.5, 0.6) is 23.1 Å². The lowest BCUT2D eigenvalue weighted by Gasteiger charge is -2.14. The van der Waals surface area contributed by atoms with Gasteiger partial charge in [0.15, 0.2) is 11.5 Å². The standard InChI is InChI=1S/C24H27N5O6S/c1-4-33-19-10-11-21(20(16-19)34-5-2)36(30,31)25-14-15-35-23-13-12-22-26-27-24(29(22)28-23)17-6-8-18(32-3)9-7-17/h6-13,16,25H,4-5,14-15H2,1-3H3. The van der Waals surface area contributed by atoms with Crippen molar-refractivity contribution < 1.29 is 27.4 Å². The number of ether oxygens (including phenoxy) is 4. The fourth-order valence-corrected chi connectivity index (χ4v) is 4.55. The summed E-state index contributed by atoms with van der Waals surface area (Å²) in [6.45, 7) is 4.49. The molecule has 2 heterocycles. The molecule has 11 nitrogen and oxygen atoms in total. The summed E-state index contributed by atoms with van der Waals surface area (Å²) in [6, 6.07) is 15.4. The molecule has 1 N–H and O–H groups in total. The van der Waals surface area contributed by atoms with Gasteiger partial charge in [0, 0.05) is 24.2 Å². The van der Waals surface area contributed by atoms with E-state index in [2.05, 4.69) is 20.0 Å². The van der Waals surface area contributed by atoms with Crippen LogP contribution in [-0.2, 0) is 10.0 Å². The maximum absolute atomic E-state index is 12.9. The lowest BCUT2D eigenvalue weighted by atomic mass is 10.2. The molecule has 0 amide bonds. The maximum atomic E-state index is 12.9. The quantitative estimate of drug-likeness (QED) is 0.285. The van der Waals surface area contributed by atoms with Gasteiger partial charge in [-0.15, -0.1) is 15.3 Å². The first kappa shape index (κ1) is 25.2. The number of fused-ring (bicyclic) bond motifs is 1. The highest BCUT2D eigenvalue weighted by Gasteiger charge is 2.20. The van der Waals surface area contributed by atoms with Gasteiger partial charge in [0.25, 0.3) is 0 Å². The predicted octanol–water partition coefficient (Wildman–Crippen LogP) is 2.95. The van der Waals surface area contributed by atoms with Gasteiger partial charge in [-0.1, -0.05) is 0 Å². The summed E-state index contributed by atoms with van der Waals surface area (Å²) in [7, 11) is -2.24. The highest BCUT2D eigenvalue weighted by atomic mass is 32.2. The van der Waals surface area contributed by atoms with E-state index in [1.165, 1.54) is 6.07 Å². The molecule has 0 saturated carbocycles. The molecular formula is C24H27N5O6S. The molecule has 2 aromatic heterocycles. The first-order valence-electron chi connectivity index (χ1n) is 11.3. The Kier molecular flexibility index (Phi) is 7.86. The highest BCUT2D eigenvalue weighted by Crippen LogP contribution is 2.29. The highest BCUT2D eigenvalue weighted by molar-refractivity contribution is 7.89. The topological polar surface area (TPSA) is 126 Å². The molecule has 0 bridgehead atoms. The molecule has 4 aromatic rings. The van der Waals surface area contributed by atoms with E-state index >= 15 is 0 Å². The molecule has 190 valence electrons. The van der Waals surface area contributed by atoms with E-state index in [1.807, 2.05) is 31.2 Å². The van der Waals surface area contributed by atoms with E-state index in [0.717, 1.165) is 11.3 Å². The Labute approximate surface area is 209 Å². The van der Waals surface area contributed by atoms with Crippen molar-refractivity contribution in [3.8, 4) is 34.5 Å². The Bertz CT molecular complexity index is 1420. The second-order valence-electron chi connectivity index (χ2n) is 7.41. The van der Waals surface area contributed by atoms with Crippen molar-refractivity contribution in [2.45, 2.75) is 18.7 Å². The number of sulfonamides is 1. The van der Waals surface area contributed by atoms with Crippen LogP contribution in [0.3, 0.4) is 0 Å². The second-order valence-corrected chi connectivity index (χ2v) is 9.15. The maximum Gasteiger partial charge on any atom is 0.244 e. The Morgan fingerprint density at radius 2 is 1.64 bits per heavy atom. The van der Waals surface area contributed by atoms with Crippen LogP contribution in [0, 0.1) is 0 Å². The monoisotopic (exact) mass is 513 g/mol. The zero-order valence-electron chi connectivity index (χ0n) is 20.2. The van der Waals surface area contributed by atoms with Crippen LogP contribution in [0.1, 0.15) is 13.8 Å². The average molecular weight is 514 g/mol. The Balaban J connectivity index is 1.42. The molecule has 0 radical (unpaired) electrons. The van der Waals surface area contributed by atoms with Crippen molar-refractivity contribution in [1.82, 2.24) is 24.5 Å². The normalized spacial score (nSPS) is 11.4. The molecule has 12 heteroatoms. The zero-order valence-corrected chi connectivity index (χ0v) is 21.0. The van der Waals surface area contributed by atoms with Gasteiger partial charge in [0.2, 0.25) is 15.9 Å². The van der Waals surface area contributed by atoms with Crippen molar-refractivity contribution in [2.75, 3.05) is 33.5 Å². The summed E-state index contributed by atoms with van der Waals surface area (Å²) >= 11 is 0. The summed E-state index contributed by atoms with van der Waals surface area (Å²) < 4.78 is 51.7. The number of benzene rings is 2. The van der Waals surface area contributed by atoms with E-state index < -0.39 is 10.0 Å². The average Bonchev–Trinajstić information content (AvgIpc) is 3.30. The summed E-state index contributed by atoms with van der Waals surface area (Å²) in [5, 5.41) is 12.8.